The Morgan fingerprint density at radius 3 is 2.50 bits per heavy atom. The van der Waals surface area contributed by atoms with E-state index in [4.69, 9.17) is 4.74 Å². The van der Waals surface area contributed by atoms with Gasteiger partial charge < -0.3 is 15.4 Å². The topological polar surface area (TPSA) is 72.0 Å². The molecule has 0 spiro atoms. The summed E-state index contributed by atoms with van der Waals surface area (Å²) in [5.74, 6) is 2.97. The van der Waals surface area contributed by atoms with Crippen molar-refractivity contribution < 1.29 is 4.74 Å². The van der Waals surface area contributed by atoms with Gasteiger partial charge in [-0.1, -0.05) is 6.07 Å². The summed E-state index contributed by atoms with van der Waals surface area (Å²) in [5, 5.41) is 6.45. The molecule has 2 aromatic heterocycles. The van der Waals surface area contributed by atoms with Crippen LogP contribution in [0.15, 0.2) is 24.4 Å². The molecule has 6 nitrogen and oxygen atoms in total. The summed E-state index contributed by atoms with van der Waals surface area (Å²) in [6, 6.07) is 5.71. The number of pyridine rings is 1. The van der Waals surface area contributed by atoms with Crippen LogP contribution >= 0.6 is 0 Å². The summed E-state index contributed by atoms with van der Waals surface area (Å²) >= 11 is 0. The zero-order valence-corrected chi connectivity index (χ0v) is 12.0. The molecule has 0 fully saturated rings. The van der Waals surface area contributed by atoms with E-state index in [2.05, 4.69) is 25.6 Å². The Morgan fingerprint density at radius 1 is 1.15 bits per heavy atom. The molecule has 0 aliphatic carbocycles. The molecule has 0 saturated heterocycles. The fourth-order valence-corrected chi connectivity index (χ4v) is 1.76. The number of hydrogen-bond acceptors (Lipinski definition) is 6. The van der Waals surface area contributed by atoms with Crippen LogP contribution in [-0.4, -0.2) is 28.6 Å². The van der Waals surface area contributed by atoms with Crippen LogP contribution in [0, 0.1) is 6.92 Å². The molecule has 0 aliphatic rings. The van der Waals surface area contributed by atoms with Crippen molar-refractivity contribution in [2.45, 2.75) is 20.4 Å². The van der Waals surface area contributed by atoms with Crippen molar-refractivity contribution in [3.63, 3.8) is 0 Å². The fourth-order valence-electron chi connectivity index (χ4n) is 1.76. The minimum Gasteiger partial charge on any atom is -0.481 e. The van der Waals surface area contributed by atoms with Crippen LogP contribution in [0.1, 0.15) is 18.3 Å². The summed E-state index contributed by atoms with van der Waals surface area (Å²) in [6.45, 7) is 5.39. The van der Waals surface area contributed by atoms with Crippen molar-refractivity contribution in [3.8, 4) is 5.88 Å². The second kappa shape index (κ2) is 6.70. The van der Waals surface area contributed by atoms with E-state index in [0.29, 0.717) is 12.4 Å². The van der Waals surface area contributed by atoms with Crippen molar-refractivity contribution in [2.24, 2.45) is 0 Å². The smallest absolute Gasteiger partial charge is 0.212 e. The lowest BCUT2D eigenvalue weighted by Crippen LogP contribution is -2.06. The molecule has 2 aromatic rings. The second-order valence-corrected chi connectivity index (χ2v) is 4.28. The highest BCUT2D eigenvalue weighted by Gasteiger charge is 2.02. The van der Waals surface area contributed by atoms with E-state index < -0.39 is 0 Å². The number of anilines is 2. The molecule has 0 aliphatic heterocycles. The lowest BCUT2D eigenvalue weighted by atomic mass is 10.3. The molecule has 0 atom stereocenters. The van der Waals surface area contributed by atoms with Gasteiger partial charge in [-0.3, -0.25) is 0 Å². The molecule has 106 valence electrons. The molecule has 2 heterocycles. The van der Waals surface area contributed by atoms with Crippen LogP contribution in [0.5, 0.6) is 5.88 Å². The van der Waals surface area contributed by atoms with Crippen LogP contribution in [0.4, 0.5) is 11.6 Å². The quantitative estimate of drug-likeness (QED) is 0.841. The first-order valence-electron chi connectivity index (χ1n) is 6.53. The van der Waals surface area contributed by atoms with Crippen molar-refractivity contribution >= 4 is 11.6 Å². The predicted octanol–water partition coefficient (Wildman–Crippen LogP) is 2.23. The number of nitrogens with one attached hydrogen (secondary N) is 2. The van der Waals surface area contributed by atoms with E-state index in [-0.39, 0.29) is 0 Å². The first-order valence-corrected chi connectivity index (χ1v) is 6.53. The lowest BCUT2D eigenvalue weighted by Gasteiger charge is -2.09. The average Bonchev–Trinajstić information content (AvgIpc) is 2.45. The number of methoxy groups -OCH3 is 1. The van der Waals surface area contributed by atoms with E-state index in [1.54, 1.807) is 13.3 Å². The molecule has 0 radical (unpaired) electrons. The van der Waals surface area contributed by atoms with Crippen molar-refractivity contribution in [3.05, 3.63) is 35.8 Å². The van der Waals surface area contributed by atoms with Gasteiger partial charge in [0.1, 0.15) is 17.5 Å². The van der Waals surface area contributed by atoms with Crippen molar-refractivity contribution in [1.29, 1.82) is 0 Å². The molecule has 6 heteroatoms. The van der Waals surface area contributed by atoms with Crippen molar-refractivity contribution in [1.82, 2.24) is 15.0 Å². The van der Waals surface area contributed by atoms with E-state index in [1.807, 2.05) is 32.0 Å². The van der Waals surface area contributed by atoms with Gasteiger partial charge in [-0.25, -0.2) is 15.0 Å². The number of aromatic nitrogens is 3. The molecule has 0 aromatic carbocycles. The Bertz CT molecular complexity index is 556. The first kappa shape index (κ1) is 14.0. The van der Waals surface area contributed by atoms with Crippen molar-refractivity contribution in [2.75, 3.05) is 24.3 Å². The Morgan fingerprint density at radius 2 is 1.90 bits per heavy atom. The van der Waals surface area contributed by atoms with Gasteiger partial charge in [0.05, 0.1) is 7.11 Å². The molecule has 20 heavy (non-hydrogen) atoms. The third-order valence-electron chi connectivity index (χ3n) is 2.68. The minimum atomic E-state index is 0.612. The van der Waals surface area contributed by atoms with Gasteiger partial charge in [0, 0.05) is 31.4 Å². The van der Waals surface area contributed by atoms with Gasteiger partial charge in [0.15, 0.2) is 0 Å². The standard InChI is InChI=1S/C14H19N5O/c1-4-15-12-7-13(19-10(2)18-12)16-8-11-5-6-14(20-3)17-9-11/h5-7,9H,4,8H2,1-3H3,(H2,15,16,18,19). The Hall–Kier alpha value is -2.37. The maximum Gasteiger partial charge on any atom is 0.212 e. The number of ether oxygens (including phenoxy) is 1. The number of aryl methyl sites for hydroxylation is 1. The first-order chi connectivity index (χ1) is 9.71. The molecular formula is C14H19N5O. The van der Waals surface area contributed by atoms with Crippen LogP contribution < -0.4 is 15.4 Å². The predicted molar refractivity (Wildman–Crippen MR) is 79.0 cm³/mol. The third-order valence-corrected chi connectivity index (χ3v) is 2.68. The summed E-state index contributed by atoms with van der Waals surface area (Å²) in [6.07, 6.45) is 1.78. The lowest BCUT2D eigenvalue weighted by molar-refractivity contribution is 0.397. The molecular weight excluding hydrogens is 254 g/mol. The Kier molecular flexibility index (Phi) is 4.70. The normalized spacial score (nSPS) is 10.2. The number of hydrogen-bond donors (Lipinski definition) is 2. The average molecular weight is 273 g/mol. The monoisotopic (exact) mass is 273 g/mol. The van der Waals surface area contributed by atoms with Crippen LogP contribution in [0.25, 0.3) is 0 Å². The Labute approximate surface area is 118 Å². The fraction of sp³-hybridized carbons (Fsp3) is 0.357. The molecule has 2 N–H and O–H groups in total. The molecule has 0 amide bonds. The number of rotatable bonds is 6. The van der Waals surface area contributed by atoms with E-state index >= 15 is 0 Å². The SMILES string of the molecule is CCNc1cc(NCc2ccc(OC)nc2)nc(C)n1. The largest absolute Gasteiger partial charge is 0.481 e. The van der Waals surface area contributed by atoms with Gasteiger partial charge in [-0.05, 0) is 19.4 Å². The molecule has 0 saturated carbocycles. The van der Waals surface area contributed by atoms with Gasteiger partial charge in [-0.2, -0.15) is 0 Å². The molecule has 0 unspecified atom stereocenters. The number of nitrogens with zero attached hydrogens (tertiary/aromatic N) is 3. The van der Waals surface area contributed by atoms with Crippen LogP contribution in [-0.2, 0) is 6.54 Å². The molecule has 0 bridgehead atoms. The van der Waals surface area contributed by atoms with Gasteiger partial charge in [0.25, 0.3) is 0 Å². The molecule has 2 rings (SSSR count). The van der Waals surface area contributed by atoms with E-state index in [0.717, 1.165) is 29.6 Å². The van der Waals surface area contributed by atoms with E-state index in [1.165, 1.54) is 0 Å². The van der Waals surface area contributed by atoms with Gasteiger partial charge >= 0.3 is 0 Å². The zero-order valence-electron chi connectivity index (χ0n) is 12.0. The van der Waals surface area contributed by atoms with Crippen LogP contribution in [0.3, 0.4) is 0 Å². The summed E-state index contributed by atoms with van der Waals surface area (Å²) < 4.78 is 5.03. The highest BCUT2D eigenvalue weighted by molar-refractivity contribution is 5.47. The summed E-state index contributed by atoms with van der Waals surface area (Å²) in [4.78, 5) is 12.8. The van der Waals surface area contributed by atoms with Gasteiger partial charge in [-0.15, -0.1) is 0 Å². The summed E-state index contributed by atoms with van der Waals surface area (Å²) in [7, 11) is 1.60. The zero-order chi connectivity index (χ0) is 14.4. The van der Waals surface area contributed by atoms with Crippen LogP contribution in [0.2, 0.25) is 0 Å². The van der Waals surface area contributed by atoms with Gasteiger partial charge in [0.2, 0.25) is 5.88 Å². The van der Waals surface area contributed by atoms with E-state index in [9.17, 15) is 0 Å². The Balaban J connectivity index is 2.02. The third kappa shape index (κ3) is 3.81. The summed E-state index contributed by atoms with van der Waals surface area (Å²) in [5.41, 5.74) is 1.06. The maximum absolute atomic E-state index is 5.03. The second-order valence-electron chi connectivity index (χ2n) is 4.28. The maximum atomic E-state index is 5.03. The highest BCUT2D eigenvalue weighted by atomic mass is 16.5. The highest BCUT2D eigenvalue weighted by Crippen LogP contribution is 2.13. The minimum absolute atomic E-state index is 0.612.